The smallest absolute Gasteiger partial charge is 0.199 e. The van der Waals surface area contributed by atoms with Gasteiger partial charge in [0.1, 0.15) is 5.75 Å². The molecule has 1 rings (SSSR count). The number of Topliss-reactive ketones (excluding diaryl/α,β-unsaturated/α-hetero) is 1. The lowest BCUT2D eigenvalue weighted by molar-refractivity contribution is 0.0985. The van der Waals surface area contributed by atoms with Crippen LogP contribution in [0.15, 0.2) is 35.5 Å². The summed E-state index contributed by atoms with van der Waals surface area (Å²) in [7, 11) is -0.250. The molecule has 0 radical (unpaired) electrons. The van der Waals surface area contributed by atoms with Crippen molar-refractivity contribution in [2.75, 3.05) is 0 Å². The molecule has 0 amide bonds. The van der Waals surface area contributed by atoms with Gasteiger partial charge in [-0.2, -0.15) is 0 Å². The Labute approximate surface area is 144 Å². The van der Waals surface area contributed by atoms with E-state index in [1.54, 1.807) is 0 Å². The van der Waals surface area contributed by atoms with E-state index >= 15 is 0 Å². The lowest BCUT2D eigenvalue weighted by atomic mass is 10.1. The first-order valence-corrected chi connectivity index (χ1v) is 10.4. The zero-order valence-corrected chi connectivity index (χ0v) is 16.9. The van der Waals surface area contributed by atoms with Crippen LogP contribution in [0.1, 0.15) is 30.6 Å². The number of benzene rings is 1. The highest BCUT2D eigenvalue weighted by Gasteiger charge is 2.13. The number of para-hydroxylation sites is 1. The Morgan fingerprint density at radius 2 is 2.11 bits per heavy atom. The average molecular weight is 500 g/mol. The summed E-state index contributed by atoms with van der Waals surface area (Å²) in [6, 6.07) is 8.55. The Morgan fingerprint density at radius 3 is 2.74 bits per heavy atom. The molecule has 0 heterocycles. The van der Waals surface area contributed by atoms with Crippen LogP contribution in [0, 0.1) is 0 Å². The van der Waals surface area contributed by atoms with Crippen molar-refractivity contribution in [3.05, 3.63) is 41.1 Å². The summed E-state index contributed by atoms with van der Waals surface area (Å²) in [4.78, 5) is 12.2. The van der Waals surface area contributed by atoms with Crippen LogP contribution in [-0.4, -0.2) is 17.4 Å². The second-order valence-corrected chi connectivity index (χ2v) is 11.3. The molecule has 0 aromatic heterocycles. The molecule has 0 atom stereocenters. The minimum atomic E-state index is -0.250. The maximum atomic E-state index is 12.2. The van der Waals surface area contributed by atoms with Crippen LogP contribution in [-0.2, 0) is 0 Å². The average Bonchev–Trinajstić information content (AvgIpc) is 2.38. The molecular formula is C14H18I2O2Si. The quantitative estimate of drug-likeness (QED) is 0.242. The van der Waals surface area contributed by atoms with Crippen LogP contribution < -0.4 is 4.74 Å². The first kappa shape index (κ1) is 17.2. The van der Waals surface area contributed by atoms with Crippen molar-refractivity contribution in [3.63, 3.8) is 0 Å². The number of hydrogen-bond acceptors (Lipinski definition) is 2. The standard InChI is InChI=1S/C14H18I2O2Si/c1-3-10(2)19-9-8-12(17)11-6-4-5-7-13(11)18-14(15)16/h3-7,14H,8-9,19H2,1-2H3. The van der Waals surface area contributed by atoms with Crippen LogP contribution in [0.2, 0.25) is 6.04 Å². The highest BCUT2D eigenvalue weighted by Crippen LogP contribution is 2.25. The lowest BCUT2D eigenvalue weighted by Crippen LogP contribution is -2.07. The Kier molecular flexibility index (Phi) is 8.23. The minimum Gasteiger partial charge on any atom is -0.470 e. The van der Waals surface area contributed by atoms with Crippen molar-refractivity contribution in [2.24, 2.45) is 0 Å². The zero-order valence-electron chi connectivity index (χ0n) is 11.2. The molecule has 0 aliphatic carbocycles. The predicted molar refractivity (Wildman–Crippen MR) is 101 cm³/mol. The van der Waals surface area contributed by atoms with Crippen LogP contribution in [0.3, 0.4) is 0 Å². The minimum absolute atomic E-state index is 0.0313. The third-order valence-corrected chi connectivity index (χ3v) is 5.28. The number of rotatable bonds is 7. The highest BCUT2D eigenvalue weighted by molar-refractivity contribution is 14.2. The van der Waals surface area contributed by atoms with Crippen LogP contribution in [0.4, 0.5) is 0 Å². The number of ether oxygens (including phenoxy) is 1. The normalized spacial score (nSPS) is 12.4. The van der Waals surface area contributed by atoms with E-state index in [9.17, 15) is 4.79 Å². The first-order valence-electron chi connectivity index (χ1n) is 6.23. The van der Waals surface area contributed by atoms with Gasteiger partial charge < -0.3 is 4.74 Å². The Balaban J connectivity index is 2.66. The van der Waals surface area contributed by atoms with Crippen molar-refractivity contribution < 1.29 is 9.53 Å². The molecule has 0 saturated heterocycles. The molecule has 0 fully saturated rings. The Bertz CT molecular complexity index is 459. The van der Waals surface area contributed by atoms with Gasteiger partial charge in [-0.15, -0.1) is 0 Å². The SMILES string of the molecule is CC=C(C)[SiH2]CCC(=O)c1ccccc1OC(I)I. The number of halogens is 2. The summed E-state index contributed by atoms with van der Waals surface area (Å²) < 4.78 is 5.70. The fourth-order valence-corrected chi connectivity index (χ4v) is 3.59. The predicted octanol–water partition coefficient (Wildman–Crippen LogP) is 4.30. The number of carbonyl (C=O) groups excluding carboxylic acids is 1. The molecule has 5 heteroatoms. The first-order chi connectivity index (χ1) is 9.04. The fourth-order valence-electron chi connectivity index (χ4n) is 1.70. The maximum Gasteiger partial charge on any atom is 0.199 e. The summed E-state index contributed by atoms with van der Waals surface area (Å²) in [5.41, 5.74) is 0.716. The topological polar surface area (TPSA) is 26.3 Å². The third kappa shape index (κ3) is 6.39. The van der Waals surface area contributed by atoms with Gasteiger partial charge in [-0.25, -0.2) is 0 Å². The molecule has 1 aromatic rings. The van der Waals surface area contributed by atoms with E-state index in [2.05, 4.69) is 65.1 Å². The van der Waals surface area contributed by atoms with Crippen molar-refractivity contribution >= 4 is 60.5 Å². The van der Waals surface area contributed by atoms with E-state index < -0.39 is 0 Å². The van der Waals surface area contributed by atoms with Crippen molar-refractivity contribution in [1.82, 2.24) is 0 Å². The van der Waals surface area contributed by atoms with Gasteiger partial charge >= 0.3 is 0 Å². The van der Waals surface area contributed by atoms with E-state index in [1.807, 2.05) is 24.3 Å². The molecule has 0 spiro atoms. The maximum absolute atomic E-state index is 12.2. The zero-order chi connectivity index (χ0) is 14.3. The summed E-state index contributed by atoms with van der Waals surface area (Å²) in [6.07, 6.45) is 2.79. The fraction of sp³-hybridized carbons (Fsp3) is 0.357. The van der Waals surface area contributed by atoms with Gasteiger partial charge in [0.15, 0.2) is 7.90 Å². The molecular weight excluding hydrogens is 482 g/mol. The molecule has 0 saturated carbocycles. The molecule has 0 aliphatic rings. The van der Waals surface area contributed by atoms with Gasteiger partial charge in [-0.05, 0) is 71.2 Å². The van der Waals surface area contributed by atoms with Gasteiger partial charge in [-0.3, -0.25) is 4.79 Å². The molecule has 104 valence electrons. The van der Waals surface area contributed by atoms with E-state index in [4.69, 9.17) is 4.74 Å². The van der Waals surface area contributed by atoms with E-state index in [-0.39, 0.29) is 17.4 Å². The number of alkyl halides is 2. The van der Waals surface area contributed by atoms with Crippen LogP contribution in [0.5, 0.6) is 5.75 Å². The molecule has 1 aromatic carbocycles. The van der Waals surface area contributed by atoms with E-state index in [0.717, 1.165) is 6.04 Å². The number of carbonyl (C=O) groups is 1. The summed E-state index contributed by atoms with van der Waals surface area (Å²) in [5, 5.41) is 1.47. The number of ketones is 1. The Hall–Kier alpha value is 0.107. The van der Waals surface area contributed by atoms with Gasteiger partial charge in [0.05, 0.1) is 5.56 Å². The van der Waals surface area contributed by atoms with Crippen molar-refractivity contribution in [3.8, 4) is 5.75 Å². The number of hydrogen-bond donors (Lipinski definition) is 0. The summed E-state index contributed by atoms with van der Waals surface area (Å²) >= 11 is 4.36. The molecule has 0 unspecified atom stereocenters. The molecule has 0 aliphatic heterocycles. The largest absolute Gasteiger partial charge is 0.470 e. The second kappa shape index (κ2) is 9.12. The van der Waals surface area contributed by atoms with Gasteiger partial charge in [-0.1, -0.05) is 29.4 Å². The van der Waals surface area contributed by atoms with Crippen LogP contribution >= 0.6 is 45.2 Å². The molecule has 2 nitrogen and oxygen atoms in total. The Morgan fingerprint density at radius 1 is 1.42 bits per heavy atom. The van der Waals surface area contributed by atoms with Crippen LogP contribution in [0.25, 0.3) is 0 Å². The van der Waals surface area contributed by atoms with Gasteiger partial charge in [0.2, 0.25) is 0 Å². The lowest BCUT2D eigenvalue weighted by Gasteiger charge is -2.11. The molecule has 19 heavy (non-hydrogen) atoms. The van der Waals surface area contributed by atoms with Gasteiger partial charge in [0, 0.05) is 15.9 Å². The second-order valence-electron chi connectivity index (χ2n) is 4.29. The summed E-state index contributed by atoms with van der Waals surface area (Å²) in [6.45, 7) is 4.22. The highest BCUT2D eigenvalue weighted by atomic mass is 127. The monoisotopic (exact) mass is 500 g/mol. The van der Waals surface area contributed by atoms with Crippen molar-refractivity contribution in [1.29, 1.82) is 0 Å². The molecule has 0 N–H and O–H groups in total. The van der Waals surface area contributed by atoms with E-state index in [0.29, 0.717) is 17.7 Å². The third-order valence-electron chi connectivity index (χ3n) is 2.87. The summed E-state index contributed by atoms with van der Waals surface area (Å²) in [5.74, 6) is 0.895. The number of allylic oxidation sites excluding steroid dienone is 2. The van der Waals surface area contributed by atoms with Crippen molar-refractivity contribution in [2.45, 2.75) is 28.4 Å². The van der Waals surface area contributed by atoms with E-state index in [1.165, 1.54) is 5.20 Å². The van der Waals surface area contributed by atoms with Gasteiger partial charge in [0.25, 0.3) is 0 Å². The molecule has 0 bridgehead atoms.